The molecule has 3 heteroatoms. The summed E-state index contributed by atoms with van der Waals surface area (Å²) in [5, 5.41) is 0. The Morgan fingerprint density at radius 2 is 1.92 bits per heavy atom. The number of aromatic nitrogens is 1. The van der Waals surface area contributed by atoms with Crippen LogP contribution >= 0.6 is 0 Å². The average molecular weight is 333 g/mol. The highest BCUT2D eigenvalue weighted by Gasteiger charge is 2.29. The second kappa shape index (κ2) is 7.98. The first-order valence-corrected chi connectivity index (χ1v) is 8.78. The zero-order chi connectivity index (χ0) is 17.6. The Morgan fingerprint density at radius 1 is 1.20 bits per heavy atom. The zero-order valence-corrected chi connectivity index (χ0v) is 14.8. The van der Waals surface area contributed by atoms with E-state index < -0.39 is 0 Å². The number of carbonyl (C=O) groups excluding carboxylic acids is 1. The minimum Gasteiger partial charge on any atom is -0.481 e. The topological polar surface area (TPSA) is 39.2 Å². The summed E-state index contributed by atoms with van der Waals surface area (Å²) in [7, 11) is 1.59. The van der Waals surface area contributed by atoms with E-state index in [1.54, 1.807) is 13.3 Å². The second-order valence-corrected chi connectivity index (χ2v) is 6.79. The molecule has 3 nitrogen and oxygen atoms in total. The molecule has 0 bridgehead atoms. The number of nitrogens with zero attached hydrogens (tertiary/aromatic N) is 1. The number of rotatable bonds is 6. The van der Waals surface area contributed by atoms with Crippen molar-refractivity contribution in [2.45, 2.75) is 32.6 Å². The lowest BCUT2D eigenvalue weighted by atomic mass is 9.94. The van der Waals surface area contributed by atoms with Crippen molar-refractivity contribution in [3.05, 3.63) is 59.3 Å². The minimum absolute atomic E-state index is 0.368. The number of methoxy groups -OCH3 is 1. The summed E-state index contributed by atoms with van der Waals surface area (Å²) in [6.45, 7) is 2.16. The van der Waals surface area contributed by atoms with Crippen LogP contribution < -0.4 is 4.74 Å². The van der Waals surface area contributed by atoms with Crippen LogP contribution in [0.15, 0.2) is 42.6 Å². The van der Waals surface area contributed by atoms with Crippen LogP contribution in [0.1, 0.15) is 42.9 Å². The van der Waals surface area contributed by atoms with Gasteiger partial charge in [-0.1, -0.05) is 30.9 Å². The predicted octanol–water partition coefficient (Wildman–Crippen LogP) is 4.04. The highest BCUT2D eigenvalue weighted by molar-refractivity contribution is 5.83. The summed E-state index contributed by atoms with van der Waals surface area (Å²) in [5.74, 6) is 8.07. The lowest BCUT2D eigenvalue weighted by Crippen LogP contribution is -2.09. The molecule has 0 radical (unpaired) electrons. The van der Waals surface area contributed by atoms with Crippen molar-refractivity contribution in [2.24, 2.45) is 11.8 Å². The molecule has 1 fully saturated rings. The fraction of sp³-hybridized carbons (Fsp3) is 0.364. The average Bonchev–Trinajstić information content (AvgIpc) is 3.46. The fourth-order valence-corrected chi connectivity index (χ4v) is 2.86. The van der Waals surface area contributed by atoms with Crippen molar-refractivity contribution < 1.29 is 9.53 Å². The number of ketones is 1. The number of hydrogen-bond donors (Lipinski definition) is 0. The van der Waals surface area contributed by atoms with Crippen molar-refractivity contribution in [3.8, 4) is 17.7 Å². The van der Waals surface area contributed by atoms with Gasteiger partial charge in [0.2, 0.25) is 5.88 Å². The summed E-state index contributed by atoms with van der Waals surface area (Å²) >= 11 is 0. The van der Waals surface area contributed by atoms with Gasteiger partial charge in [0, 0.05) is 35.7 Å². The summed E-state index contributed by atoms with van der Waals surface area (Å²) in [5.41, 5.74) is 3.11. The van der Waals surface area contributed by atoms with Crippen molar-refractivity contribution in [3.63, 3.8) is 0 Å². The van der Waals surface area contributed by atoms with Gasteiger partial charge in [0.25, 0.3) is 0 Å². The van der Waals surface area contributed by atoms with Gasteiger partial charge in [-0.15, -0.1) is 0 Å². The molecule has 3 rings (SSSR count). The third kappa shape index (κ3) is 5.19. The quantitative estimate of drug-likeness (QED) is 0.749. The van der Waals surface area contributed by atoms with Crippen LogP contribution in [0.4, 0.5) is 0 Å². The summed E-state index contributed by atoms with van der Waals surface area (Å²) < 4.78 is 5.10. The Labute approximate surface area is 149 Å². The molecule has 1 unspecified atom stereocenters. The number of Topliss-reactive ketones (excluding diaryl/α,β-unsaturated/α-hetero) is 1. The first-order valence-electron chi connectivity index (χ1n) is 8.78. The second-order valence-electron chi connectivity index (χ2n) is 6.79. The van der Waals surface area contributed by atoms with E-state index in [9.17, 15) is 4.79 Å². The van der Waals surface area contributed by atoms with E-state index in [1.807, 2.05) is 24.3 Å². The van der Waals surface area contributed by atoms with Gasteiger partial charge in [-0.25, -0.2) is 4.98 Å². The Kier molecular flexibility index (Phi) is 5.50. The lowest BCUT2D eigenvalue weighted by Gasteiger charge is -2.10. The first-order chi connectivity index (χ1) is 12.1. The molecule has 1 aromatic carbocycles. The molecular formula is C22H23NO2. The van der Waals surface area contributed by atoms with E-state index in [2.05, 4.69) is 35.9 Å². The number of hydrogen-bond acceptors (Lipinski definition) is 3. The lowest BCUT2D eigenvalue weighted by molar-refractivity contribution is -0.121. The Balaban J connectivity index is 1.58. The van der Waals surface area contributed by atoms with E-state index in [1.165, 1.54) is 5.56 Å². The van der Waals surface area contributed by atoms with Crippen LogP contribution in [0.25, 0.3) is 0 Å². The van der Waals surface area contributed by atoms with Crippen LogP contribution in [0.2, 0.25) is 0 Å². The van der Waals surface area contributed by atoms with E-state index in [0.29, 0.717) is 29.9 Å². The maximum absolute atomic E-state index is 11.9. The van der Waals surface area contributed by atoms with Crippen LogP contribution in [0, 0.1) is 23.7 Å². The summed E-state index contributed by atoms with van der Waals surface area (Å²) in [6.07, 6.45) is 5.53. The molecule has 1 aromatic heterocycles. The maximum atomic E-state index is 11.9. The maximum Gasteiger partial charge on any atom is 0.214 e. The molecule has 1 heterocycles. The van der Waals surface area contributed by atoms with Crippen molar-refractivity contribution in [1.29, 1.82) is 0 Å². The Bertz CT molecular complexity index is 795. The highest BCUT2D eigenvalue weighted by Crippen LogP contribution is 2.32. The standard InChI is InChI=1S/C22H23NO2/c1-16(14-21(24)20-9-10-20)13-18-6-3-17(4-7-18)5-8-19-11-12-23-22(15-19)25-2/h3-4,6-7,11-12,15-16,20H,9-10,13-14H2,1-2H3. The zero-order valence-electron chi connectivity index (χ0n) is 14.8. The van der Waals surface area contributed by atoms with Gasteiger partial charge in [0.1, 0.15) is 5.78 Å². The molecule has 0 N–H and O–H groups in total. The van der Waals surface area contributed by atoms with Gasteiger partial charge < -0.3 is 4.74 Å². The Morgan fingerprint density at radius 3 is 2.60 bits per heavy atom. The highest BCUT2D eigenvalue weighted by atomic mass is 16.5. The van der Waals surface area contributed by atoms with E-state index in [4.69, 9.17) is 4.74 Å². The van der Waals surface area contributed by atoms with Crippen LogP contribution in [0.3, 0.4) is 0 Å². The normalized spacial score (nSPS) is 14.3. The SMILES string of the molecule is COc1cc(C#Cc2ccc(CC(C)CC(=O)C3CC3)cc2)ccn1. The molecule has 1 atom stereocenters. The molecule has 0 amide bonds. The molecule has 0 aliphatic heterocycles. The number of ether oxygens (including phenoxy) is 1. The third-order valence-electron chi connectivity index (χ3n) is 4.42. The van der Waals surface area contributed by atoms with Gasteiger partial charge in [0.05, 0.1) is 7.11 Å². The van der Waals surface area contributed by atoms with Gasteiger partial charge in [-0.05, 0) is 48.9 Å². The number of carbonyl (C=O) groups is 1. The van der Waals surface area contributed by atoms with Gasteiger partial charge in [0.15, 0.2) is 0 Å². The molecule has 25 heavy (non-hydrogen) atoms. The van der Waals surface area contributed by atoms with E-state index >= 15 is 0 Å². The number of pyridine rings is 1. The van der Waals surface area contributed by atoms with Crippen molar-refractivity contribution in [1.82, 2.24) is 4.98 Å². The molecule has 128 valence electrons. The molecule has 0 spiro atoms. The van der Waals surface area contributed by atoms with Gasteiger partial charge in [-0.3, -0.25) is 4.79 Å². The van der Waals surface area contributed by atoms with Crippen LogP contribution in [0.5, 0.6) is 5.88 Å². The molecule has 0 saturated heterocycles. The summed E-state index contributed by atoms with van der Waals surface area (Å²) in [6, 6.07) is 12.0. The Hall–Kier alpha value is -2.60. The van der Waals surface area contributed by atoms with Crippen molar-refractivity contribution >= 4 is 5.78 Å². The fourth-order valence-electron chi connectivity index (χ4n) is 2.86. The third-order valence-corrected chi connectivity index (χ3v) is 4.42. The first kappa shape index (κ1) is 17.2. The molecule has 1 aliphatic rings. The van der Waals surface area contributed by atoms with Crippen molar-refractivity contribution in [2.75, 3.05) is 7.11 Å². The van der Waals surface area contributed by atoms with E-state index in [0.717, 1.165) is 30.4 Å². The molecule has 1 aliphatic carbocycles. The van der Waals surface area contributed by atoms with Crippen LogP contribution in [-0.4, -0.2) is 17.9 Å². The number of benzene rings is 1. The smallest absolute Gasteiger partial charge is 0.214 e. The van der Waals surface area contributed by atoms with Gasteiger partial charge >= 0.3 is 0 Å². The molecular weight excluding hydrogens is 310 g/mol. The summed E-state index contributed by atoms with van der Waals surface area (Å²) in [4.78, 5) is 16.0. The largest absolute Gasteiger partial charge is 0.481 e. The predicted molar refractivity (Wildman–Crippen MR) is 98.4 cm³/mol. The van der Waals surface area contributed by atoms with Gasteiger partial charge in [-0.2, -0.15) is 0 Å². The molecule has 2 aromatic rings. The minimum atomic E-state index is 0.368. The van der Waals surface area contributed by atoms with Crippen LogP contribution in [-0.2, 0) is 11.2 Å². The molecule has 1 saturated carbocycles. The monoisotopic (exact) mass is 333 g/mol. The van der Waals surface area contributed by atoms with E-state index in [-0.39, 0.29) is 0 Å².